The van der Waals surface area contributed by atoms with Crippen LogP contribution in [0.2, 0.25) is 0 Å². The first-order chi connectivity index (χ1) is 13.0. The quantitative estimate of drug-likeness (QED) is 0.640. The second kappa shape index (κ2) is 7.72. The van der Waals surface area contributed by atoms with E-state index in [2.05, 4.69) is 0 Å². The molecule has 0 fully saturated rings. The molecule has 0 aromatic heterocycles. The third kappa shape index (κ3) is 3.90. The second-order valence-electron chi connectivity index (χ2n) is 5.93. The molecule has 3 aromatic carbocycles. The van der Waals surface area contributed by atoms with Gasteiger partial charge < -0.3 is 9.47 Å². The van der Waals surface area contributed by atoms with E-state index in [0.29, 0.717) is 11.4 Å². The monoisotopic (exact) mass is 383 g/mol. The molecular formula is C21H21NO4S. The number of hydrogen-bond acceptors (Lipinski definition) is 4. The summed E-state index contributed by atoms with van der Waals surface area (Å²) >= 11 is 0. The zero-order chi connectivity index (χ0) is 19.4. The Balaban J connectivity index is 1.88. The normalized spacial score (nSPS) is 11.1. The summed E-state index contributed by atoms with van der Waals surface area (Å²) in [6.45, 7) is 0. The number of sulfonamides is 1. The van der Waals surface area contributed by atoms with Gasteiger partial charge in [0.2, 0.25) is 0 Å². The number of methoxy groups -OCH3 is 2. The molecule has 0 radical (unpaired) electrons. The molecule has 3 aromatic rings. The lowest BCUT2D eigenvalue weighted by atomic mass is 10.1. The maximum absolute atomic E-state index is 12.9. The van der Waals surface area contributed by atoms with Crippen molar-refractivity contribution in [1.82, 2.24) is 0 Å². The number of ether oxygens (including phenoxy) is 2. The van der Waals surface area contributed by atoms with Crippen LogP contribution in [-0.4, -0.2) is 29.7 Å². The highest BCUT2D eigenvalue weighted by Gasteiger charge is 2.21. The zero-order valence-electron chi connectivity index (χ0n) is 15.4. The van der Waals surface area contributed by atoms with Gasteiger partial charge in [-0.3, -0.25) is 4.31 Å². The van der Waals surface area contributed by atoms with E-state index < -0.39 is 10.0 Å². The fourth-order valence-electron chi connectivity index (χ4n) is 2.71. The van der Waals surface area contributed by atoms with Crippen molar-refractivity contribution >= 4 is 15.7 Å². The Hall–Kier alpha value is -2.99. The third-order valence-corrected chi connectivity index (χ3v) is 6.15. The Labute approximate surface area is 159 Å². The molecule has 0 heterocycles. The van der Waals surface area contributed by atoms with Gasteiger partial charge in [0, 0.05) is 13.1 Å². The van der Waals surface area contributed by atoms with Gasteiger partial charge >= 0.3 is 0 Å². The second-order valence-corrected chi connectivity index (χ2v) is 7.90. The lowest BCUT2D eigenvalue weighted by Gasteiger charge is -2.20. The third-order valence-electron chi connectivity index (χ3n) is 4.35. The smallest absolute Gasteiger partial charge is 0.264 e. The minimum absolute atomic E-state index is 0.227. The number of anilines is 1. The standard InChI is InChI=1S/C21H21NO4S/c1-22(18-5-4-6-20(15-18)26-3)27(23,24)21-13-9-17(10-14-21)16-7-11-19(25-2)12-8-16/h4-15H,1-3H3. The molecule has 0 aliphatic heterocycles. The van der Waals surface area contributed by atoms with Gasteiger partial charge in [0.15, 0.2) is 0 Å². The Morgan fingerprint density at radius 1 is 0.741 bits per heavy atom. The highest BCUT2D eigenvalue weighted by Crippen LogP contribution is 2.28. The van der Waals surface area contributed by atoms with Crippen molar-refractivity contribution in [2.75, 3.05) is 25.6 Å². The molecule has 0 saturated carbocycles. The summed E-state index contributed by atoms with van der Waals surface area (Å²) in [4.78, 5) is 0.227. The molecule has 0 spiro atoms. The van der Waals surface area contributed by atoms with Crippen LogP contribution in [0.5, 0.6) is 11.5 Å². The van der Waals surface area contributed by atoms with E-state index in [1.807, 2.05) is 24.3 Å². The summed E-state index contributed by atoms with van der Waals surface area (Å²) < 4.78 is 37.4. The van der Waals surface area contributed by atoms with Crippen molar-refractivity contribution in [3.63, 3.8) is 0 Å². The topological polar surface area (TPSA) is 55.8 Å². The van der Waals surface area contributed by atoms with Gasteiger partial charge in [-0.15, -0.1) is 0 Å². The number of nitrogens with zero attached hydrogens (tertiary/aromatic N) is 1. The zero-order valence-corrected chi connectivity index (χ0v) is 16.2. The number of rotatable bonds is 6. The largest absolute Gasteiger partial charge is 0.497 e. The minimum Gasteiger partial charge on any atom is -0.497 e. The van der Waals surface area contributed by atoms with Crippen LogP contribution in [-0.2, 0) is 10.0 Å². The van der Waals surface area contributed by atoms with Crippen LogP contribution in [0.15, 0.2) is 77.7 Å². The minimum atomic E-state index is -3.67. The van der Waals surface area contributed by atoms with Gasteiger partial charge in [0.05, 0.1) is 24.8 Å². The molecule has 6 heteroatoms. The van der Waals surface area contributed by atoms with Crippen LogP contribution in [0.3, 0.4) is 0 Å². The predicted octanol–water partition coefficient (Wildman–Crippen LogP) is 4.20. The van der Waals surface area contributed by atoms with Crippen LogP contribution in [0.1, 0.15) is 0 Å². The molecule has 0 aliphatic carbocycles. The molecule has 0 N–H and O–H groups in total. The van der Waals surface area contributed by atoms with Gasteiger partial charge in [0.25, 0.3) is 10.0 Å². The first kappa shape index (κ1) is 18.8. The molecular weight excluding hydrogens is 362 g/mol. The SMILES string of the molecule is COc1ccc(-c2ccc(S(=O)(=O)N(C)c3cccc(OC)c3)cc2)cc1. The molecule has 0 amide bonds. The lowest BCUT2D eigenvalue weighted by Crippen LogP contribution is -2.26. The van der Waals surface area contributed by atoms with E-state index in [4.69, 9.17) is 9.47 Å². The van der Waals surface area contributed by atoms with E-state index in [0.717, 1.165) is 16.9 Å². The van der Waals surface area contributed by atoms with Gasteiger partial charge in [0.1, 0.15) is 11.5 Å². The summed E-state index contributed by atoms with van der Waals surface area (Å²) in [6, 6.07) is 21.4. The van der Waals surface area contributed by atoms with Crippen molar-refractivity contribution in [2.45, 2.75) is 4.90 Å². The fourth-order valence-corrected chi connectivity index (χ4v) is 3.89. The van der Waals surface area contributed by atoms with E-state index in [1.165, 1.54) is 11.4 Å². The molecule has 3 rings (SSSR count). The summed E-state index contributed by atoms with van der Waals surface area (Å²) in [5.74, 6) is 1.38. The molecule has 140 valence electrons. The highest BCUT2D eigenvalue weighted by molar-refractivity contribution is 7.92. The Morgan fingerprint density at radius 3 is 1.85 bits per heavy atom. The summed E-state index contributed by atoms with van der Waals surface area (Å²) in [5, 5.41) is 0. The number of benzene rings is 3. The van der Waals surface area contributed by atoms with Gasteiger partial charge in [-0.2, -0.15) is 0 Å². The molecule has 0 aliphatic rings. The first-order valence-corrected chi connectivity index (χ1v) is 9.77. The molecule has 0 saturated heterocycles. The maximum atomic E-state index is 12.9. The summed E-state index contributed by atoms with van der Waals surface area (Å²) in [5.41, 5.74) is 2.45. The van der Waals surface area contributed by atoms with Crippen molar-refractivity contribution in [3.05, 3.63) is 72.8 Å². The summed E-state index contributed by atoms with van der Waals surface area (Å²) in [6.07, 6.45) is 0. The van der Waals surface area contributed by atoms with Crippen molar-refractivity contribution in [2.24, 2.45) is 0 Å². The first-order valence-electron chi connectivity index (χ1n) is 8.33. The van der Waals surface area contributed by atoms with Crippen LogP contribution >= 0.6 is 0 Å². The Bertz CT molecular complexity index is 1010. The lowest BCUT2D eigenvalue weighted by molar-refractivity contribution is 0.415. The van der Waals surface area contributed by atoms with Crippen LogP contribution in [0.4, 0.5) is 5.69 Å². The molecule has 0 unspecified atom stereocenters. The highest BCUT2D eigenvalue weighted by atomic mass is 32.2. The van der Waals surface area contributed by atoms with Crippen LogP contribution in [0.25, 0.3) is 11.1 Å². The molecule has 0 atom stereocenters. The fraction of sp³-hybridized carbons (Fsp3) is 0.143. The summed E-state index contributed by atoms with van der Waals surface area (Å²) in [7, 11) is 1.03. The van der Waals surface area contributed by atoms with Gasteiger partial charge in [-0.1, -0.05) is 30.3 Å². The van der Waals surface area contributed by atoms with Crippen molar-refractivity contribution in [3.8, 4) is 22.6 Å². The van der Waals surface area contributed by atoms with Gasteiger partial charge in [-0.05, 0) is 47.5 Å². The van der Waals surface area contributed by atoms with Crippen LogP contribution in [0, 0.1) is 0 Å². The van der Waals surface area contributed by atoms with Gasteiger partial charge in [-0.25, -0.2) is 8.42 Å². The van der Waals surface area contributed by atoms with E-state index >= 15 is 0 Å². The maximum Gasteiger partial charge on any atom is 0.264 e. The molecule has 27 heavy (non-hydrogen) atoms. The van der Waals surface area contributed by atoms with E-state index in [-0.39, 0.29) is 4.90 Å². The average Bonchev–Trinajstić information content (AvgIpc) is 2.73. The Kier molecular flexibility index (Phi) is 5.37. The van der Waals surface area contributed by atoms with E-state index in [1.54, 1.807) is 62.8 Å². The average molecular weight is 383 g/mol. The van der Waals surface area contributed by atoms with E-state index in [9.17, 15) is 8.42 Å². The molecule has 0 bridgehead atoms. The van der Waals surface area contributed by atoms with Crippen molar-refractivity contribution < 1.29 is 17.9 Å². The number of hydrogen-bond donors (Lipinski definition) is 0. The predicted molar refractivity (Wildman–Crippen MR) is 107 cm³/mol. The van der Waals surface area contributed by atoms with Crippen LogP contribution < -0.4 is 13.8 Å². The van der Waals surface area contributed by atoms with Crippen molar-refractivity contribution in [1.29, 1.82) is 0 Å². The Morgan fingerprint density at radius 2 is 1.30 bits per heavy atom. The molecule has 5 nitrogen and oxygen atoms in total.